The maximum atomic E-state index is 12.6. The molecule has 0 radical (unpaired) electrons. The molecule has 47 heavy (non-hydrogen) atoms. The fraction of sp³-hybridized carbons (Fsp3) is 0.500. The molecule has 2 rings (SSSR count). The van der Waals surface area contributed by atoms with Gasteiger partial charge in [0, 0.05) is 38.0 Å². The van der Waals surface area contributed by atoms with Crippen molar-refractivity contribution in [3.05, 3.63) is 59.2 Å². The van der Waals surface area contributed by atoms with Gasteiger partial charge in [0.1, 0.15) is 5.75 Å². The summed E-state index contributed by atoms with van der Waals surface area (Å²) < 4.78 is 38.6. The Morgan fingerprint density at radius 3 is 2.04 bits per heavy atom. The van der Waals surface area contributed by atoms with Crippen LogP contribution < -0.4 is 19.5 Å². The Morgan fingerprint density at radius 1 is 0.809 bits per heavy atom. The molecule has 13 heteroatoms. The molecule has 260 valence electrons. The van der Waals surface area contributed by atoms with Crippen molar-refractivity contribution in [1.82, 2.24) is 5.32 Å². The minimum atomic E-state index is -2.73. The van der Waals surface area contributed by atoms with E-state index in [4.69, 9.17) is 32.2 Å². The van der Waals surface area contributed by atoms with Crippen LogP contribution in [0.15, 0.2) is 48.0 Å². The van der Waals surface area contributed by atoms with Gasteiger partial charge in [0.25, 0.3) is 0 Å². The first-order valence-electron chi connectivity index (χ1n) is 16.0. The van der Waals surface area contributed by atoms with Gasteiger partial charge < -0.3 is 42.6 Å². The molecular formula is C34H49NO11Si. The standard InChI is InChI=1S/C34H49NO11Si/c1-6-43-47(44-7-2,45-8-3)23-13-21-35-34(39)42-22-12-10-9-11-14-27(32(36)37)24-26-15-18-29(19-16-26)46-33(38)28-17-20-30(40-4)31(25-28)41-5/h15-20,24-25H,6-14,21-23H2,1-5H3,(H,35,39)(H,36,37)/b27-24+. The highest BCUT2D eigenvalue weighted by atomic mass is 28.4. The van der Waals surface area contributed by atoms with Gasteiger partial charge in [0.05, 0.1) is 26.4 Å². The van der Waals surface area contributed by atoms with Crippen molar-refractivity contribution in [3.8, 4) is 17.2 Å². The third-order valence-corrected chi connectivity index (χ3v) is 10.1. The summed E-state index contributed by atoms with van der Waals surface area (Å²) in [5.74, 6) is -0.318. The number of hydrogen-bond acceptors (Lipinski definition) is 10. The molecule has 0 atom stereocenters. The second-order valence-corrected chi connectivity index (χ2v) is 13.0. The van der Waals surface area contributed by atoms with Gasteiger partial charge in [-0.05, 0) is 88.4 Å². The van der Waals surface area contributed by atoms with Gasteiger partial charge in [-0.25, -0.2) is 14.4 Å². The van der Waals surface area contributed by atoms with Crippen molar-refractivity contribution in [1.29, 1.82) is 0 Å². The van der Waals surface area contributed by atoms with Crippen LogP contribution in [0.1, 0.15) is 75.2 Å². The van der Waals surface area contributed by atoms with Crippen LogP contribution in [-0.2, 0) is 22.8 Å². The average molecular weight is 676 g/mol. The largest absolute Gasteiger partial charge is 0.500 e. The van der Waals surface area contributed by atoms with Crippen molar-refractivity contribution < 1.29 is 51.7 Å². The molecule has 0 spiro atoms. The van der Waals surface area contributed by atoms with E-state index in [2.05, 4.69) is 5.32 Å². The van der Waals surface area contributed by atoms with Crippen LogP contribution in [0.25, 0.3) is 6.08 Å². The number of carboxylic acid groups (broad SMARTS) is 1. The number of amides is 1. The van der Waals surface area contributed by atoms with Gasteiger partial charge in [-0.3, -0.25) is 0 Å². The molecule has 0 bridgehead atoms. The summed E-state index contributed by atoms with van der Waals surface area (Å²) in [6.07, 6.45) is 5.13. The minimum Gasteiger partial charge on any atom is -0.493 e. The van der Waals surface area contributed by atoms with Gasteiger partial charge in [-0.1, -0.05) is 25.0 Å². The third-order valence-electron chi connectivity index (χ3n) is 6.92. The van der Waals surface area contributed by atoms with E-state index in [9.17, 15) is 19.5 Å². The number of unbranched alkanes of at least 4 members (excludes halogenated alkanes) is 3. The second-order valence-electron chi connectivity index (χ2n) is 10.3. The van der Waals surface area contributed by atoms with Gasteiger partial charge >= 0.3 is 26.8 Å². The molecule has 2 N–H and O–H groups in total. The first-order chi connectivity index (χ1) is 22.7. The SMILES string of the molecule is CCO[Si](CCCNC(=O)OCCCCCC/C(=C\c1ccc(OC(=O)c2ccc(OC)c(OC)c2)cc1)C(=O)O)(OCC)OCC. The fourth-order valence-corrected chi connectivity index (χ4v) is 7.30. The lowest BCUT2D eigenvalue weighted by molar-refractivity contribution is -0.132. The molecule has 0 unspecified atom stereocenters. The molecule has 2 aromatic carbocycles. The zero-order valence-corrected chi connectivity index (χ0v) is 29.1. The summed E-state index contributed by atoms with van der Waals surface area (Å²) in [5, 5.41) is 12.4. The highest BCUT2D eigenvalue weighted by Gasteiger charge is 2.39. The van der Waals surface area contributed by atoms with E-state index in [1.165, 1.54) is 20.3 Å². The molecule has 0 fully saturated rings. The normalized spacial score (nSPS) is 11.6. The van der Waals surface area contributed by atoms with Gasteiger partial charge in [0.15, 0.2) is 11.5 Å². The van der Waals surface area contributed by atoms with E-state index in [1.54, 1.807) is 42.5 Å². The van der Waals surface area contributed by atoms with Crippen LogP contribution in [0, 0.1) is 0 Å². The lowest BCUT2D eigenvalue weighted by Gasteiger charge is -2.28. The van der Waals surface area contributed by atoms with Crippen LogP contribution in [-0.4, -0.2) is 79.1 Å². The first kappa shape index (κ1) is 39.3. The number of carbonyl (C=O) groups excluding carboxylic acids is 2. The van der Waals surface area contributed by atoms with Gasteiger partial charge in [0.2, 0.25) is 0 Å². The zero-order chi connectivity index (χ0) is 34.5. The number of rotatable bonds is 23. The quantitative estimate of drug-likeness (QED) is 0.0437. The molecule has 0 saturated carbocycles. The molecule has 0 aromatic heterocycles. The van der Waals surface area contributed by atoms with E-state index in [0.717, 1.165) is 12.8 Å². The van der Waals surface area contributed by atoms with Crippen molar-refractivity contribution in [2.24, 2.45) is 0 Å². The number of carbonyl (C=O) groups is 3. The first-order valence-corrected chi connectivity index (χ1v) is 17.9. The Morgan fingerprint density at radius 2 is 1.45 bits per heavy atom. The number of aliphatic carboxylic acids is 1. The molecule has 0 aliphatic rings. The Bertz CT molecular complexity index is 1270. The Labute approximate surface area is 278 Å². The number of ether oxygens (including phenoxy) is 4. The Hall–Kier alpha value is -3.91. The predicted molar refractivity (Wildman–Crippen MR) is 179 cm³/mol. The minimum absolute atomic E-state index is 0.279. The van der Waals surface area contributed by atoms with E-state index < -0.39 is 26.8 Å². The van der Waals surface area contributed by atoms with E-state index in [0.29, 0.717) is 86.5 Å². The predicted octanol–water partition coefficient (Wildman–Crippen LogP) is 6.51. The molecule has 0 aliphatic heterocycles. The number of esters is 1. The summed E-state index contributed by atoms with van der Waals surface area (Å²) in [6, 6.07) is 11.9. The molecule has 0 saturated heterocycles. The lowest BCUT2D eigenvalue weighted by atomic mass is 10.0. The van der Waals surface area contributed by atoms with Crippen LogP contribution in [0.5, 0.6) is 17.2 Å². The highest BCUT2D eigenvalue weighted by molar-refractivity contribution is 6.60. The highest BCUT2D eigenvalue weighted by Crippen LogP contribution is 2.28. The molecule has 12 nitrogen and oxygen atoms in total. The van der Waals surface area contributed by atoms with Crippen molar-refractivity contribution in [2.45, 2.75) is 65.3 Å². The smallest absolute Gasteiger partial charge is 0.493 e. The second kappa shape index (κ2) is 21.8. The zero-order valence-electron chi connectivity index (χ0n) is 28.1. The van der Waals surface area contributed by atoms with Crippen molar-refractivity contribution in [3.63, 3.8) is 0 Å². The van der Waals surface area contributed by atoms with Gasteiger partial charge in [-0.15, -0.1) is 0 Å². The third kappa shape index (κ3) is 14.2. The average Bonchev–Trinajstić information content (AvgIpc) is 3.06. The van der Waals surface area contributed by atoms with Crippen LogP contribution in [0.4, 0.5) is 4.79 Å². The van der Waals surface area contributed by atoms with Crippen LogP contribution in [0.2, 0.25) is 6.04 Å². The van der Waals surface area contributed by atoms with E-state index >= 15 is 0 Å². The summed E-state index contributed by atoms with van der Waals surface area (Å²) in [5.41, 5.74) is 1.25. The van der Waals surface area contributed by atoms with E-state index in [1.807, 2.05) is 20.8 Å². The summed E-state index contributed by atoms with van der Waals surface area (Å²) in [4.78, 5) is 36.4. The molecule has 1 amide bonds. The number of benzene rings is 2. The Kier molecular flexibility index (Phi) is 18.2. The van der Waals surface area contributed by atoms with Gasteiger partial charge in [-0.2, -0.15) is 0 Å². The maximum Gasteiger partial charge on any atom is 0.500 e. The summed E-state index contributed by atoms with van der Waals surface area (Å²) in [6.45, 7) is 7.96. The maximum absolute atomic E-state index is 12.6. The number of hydrogen-bond donors (Lipinski definition) is 2. The topological polar surface area (TPSA) is 148 Å². The lowest BCUT2D eigenvalue weighted by Crippen LogP contribution is -2.46. The van der Waals surface area contributed by atoms with Crippen LogP contribution in [0.3, 0.4) is 0 Å². The van der Waals surface area contributed by atoms with E-state index in [-0.39, 0.29) is 12.2 Å². The summed E-state index contributed by atoms with van der Waals surface area (Å²) in [7, 11) is 0.263. The fourth-order valence-electron chi connectivity index (χ4n) is 4.69. The number of carboxylic acids is 1. The number of nitrogens with one attached hydrogen (secondary N) is 1. The molecule has 0 heterocycles. The molecule has 0 aliphatic carbocycles. The summed E-state index contributed by atoms with van der Waals surface area (Å²) >= 11 is 0. The van der Waals surface area contributed by atoms with Crippen LogP contribution >= 0.6 is 0 Å². The molecule has 2 aromatic rings. The Balaban J connectivity index is 1.71. The monoisotopic (exact) mass is 675 g/mol. The number of alkyl carbamates (subject to hydrolysis) is 1. The van der Waals surface area contributed by atoms with Crippen molar-refractivity contribution in [2.75, 3.05) is 47.2 Å². The van der Waals surface area contributed by atoms with Crippen molar-refractivity contribution >= 4 is 32.9 Å². The molecular weight excluding hydrogens is 626 g/mol. The number of methoxy groups -OCH3 is 2.